The average molecular weight is 391 g/mol. The van der Waals surface area contributed by atoms with E-state index in [2.05, 4.69) is 10.4 Å². The van der Waals surface area contributed by atoms with Gasteiger partial charge < -0.3 is 14.8 Å². The minimum Gasteiger partial charge on any atom is -0.487 e. The Labute approximate surface area is 161 Å². The first-order valence-electron chi connectivity index (χ1n) is 9.43. The average Bonchev–Trinajstić information content (AvgIpc) is 3.03. The lowest BCUT2D eigenvalue weighted by atomic mass is 9.82. The van der Waals surface area contributed by atoms with Crippen LogP contribution < -0.4 is 10.1 Å². The maximum absolute atomic E-state index is 12.8. The van der Waals surface area contributed by atoms with E-state index in [-0.39, 0.29) is 29.8 Å². The second kappa shape index (κ2) is 7.50. The quantitative estimate of drug-likeness (QED) is 0.868. The number of halogens is 2. The molecule has 1 atom stereocenters. The smallest absolute Gasteiger partial charge is 0.282 e. The van der Waals surface area contributed by atoms with Crippen LogP contribution in [-0.4, -0.2) is 34.5 Å². The Morgan fingerprint density at radius 1 is 1.36 bits per heavy atom. The van der Waals surface area contributed by atoms with Gasteiger partial charge in [0.05, 0.1) is 19.3 Å². The number of carbonyl (C=O) groups is 1. The third kappa shape index (κ3) is 3.73. The topological polar surface area (TPSA) is 65.4 Å². The Balaban J connectivity index is 1.52. The van der Waals surface area contributed by atoms with Crippen molar-refractivity contribution in [3.05, 3.63) is 47.3 Å². The normalized spacial score (nSPS) is 20.6. The molecule has 3 heterocycles. The van der Waals surface area contributed by atoms with E-state index in [1.165, 1.54) is 10.7 Å². The molecule has 1 amide bonds. The molecule has 1 aromatic carbocycles. The van der Waals surface area contributed by atoms with E-state index in [1.807, 2.05) is 24.3 Å². The van der Waals surface area contributed by atoms with Crippen LogP contribution in [0.2, 0.25) is 0 Å². The molecule has 1 N–H and O–H groups in total. The number of aryl methyl sites for hydroxylation is 1. The molecular weight excluding hydrogens is 368 g/mol. The molecule has 1 fully saturated rings. The maximum Gasteiger partial charge on any atom is 0.282 e. The first kappa shape index (κ1) is 18.9. The largest absolute Gasteiger partial charge is 0.487 e. The van der Waals surface area contributed by atoms with Gasteiger partial charge in [0.15, 0.2) is 0 Å². The summed E-state index contributed by atoms with van der Waals surface area (Å²) in [4.78, 5) is 12.7. The zero-order valence-corrected chi connectivity index (χ0v) is 15.7. The van der Waals surface area contributed by atoms with Gasteiger partial charge in [-0.2, -0.15) is 5.10 Å². The number of alkyl halides is 2. The Morgan fingerprint density at radius 2 is 2.11 bits per heavy atom. The molecule has 8 heteroatoms. The number of carbonyl (C=O) groups excluding carboxylic acids is 1. The molecule has 150 valence electrons. The van der Waals surface area contributed by atoms with Crippen LogP contribution in [0.3, 0.4) is 0 Å². The van der Waals surface area contributed by atoms with Crippen LogP contribution in [0.25, 0.3) is 0 Å². The van der Waals surface area contributed by atoms with E-state index in [4.69, 9.17) is 9.47 Å². The van der Waals surface area contributed by atoms with Gasteiger partial charge in [-0.05, 0) is 19.1 Å². The lowest BCUT2D eigenvalue weighted by Crippen LogP contribution is -2.49. The van der Waals surface area contributed by atoms with Crippen LogP contribution in [0, 0.1) is 6.92 Å². The van der Waals surface area contributed by atoms with Crippen molar-refractivity contribution in [1.82, 2.24) is 15.1 Å². The van der Waals surface area contributed by atoms with Crippen molar-refractivity contribution in [1.29, 1.82) is 0 Å². The highest BCUT2D eigenvalue weighted by Crippen LogP contribution is 2.43. The maximum atomic E-state index is 12.8. The van der Waals surface area contributed by atoms with Crippen LogP contribution in [0.1, 0.15) is 48.7 Å². The molecule has 1 saturated heterocycles. The first-order chi connectivity index (χ1) is 13.5. The van der Waals surface area contributed by atoms with Gasteiger partial charge in [0.25, 0.3) is 6.43 Å². The fourth-order valence-electron chi connectivity index (χ4n) is 3.97. The van der Waals surface area contributed by atoms with Gasteiger partial charge in [0.1, 0.15) is 23.6 Å². The fraction of sp³-hybridized carbons (Fsp3) is 0.500. The van der Waals surface area contributed by atoms with Crippen LogP contribution in [0.5, 0.6) is 5.75 Å². The van der Waals surface area contributed by atoms with Crippen LogP contribution >= 0.6 is 0 Å². The Bertz CT molecular complexity index is 862. The van der Waals surface area contributed by atoms with E-state index in [0.29, 0.717) is 25.3 Å². The second-order valence-electron chi connectivity index (χ2n) is 7.43. The third-order valence-electron chi connectivity index (χ3n) is 5.45. The standard InChI is InChI=1S/C20H23F2N3O3/c1-13-10-15(19(21)22)24-25(13)12-18(26)23-16-11-20(6-8-27-9-7-20)28-17-5-3-2-4-14(16)17/h2-5,10,16,19H,6-9,11-12H2,1H3,(H,23,26)/t16-/m1/s1. The molecule has 0 unspecified atom stereocenters. The Morgan fingerprint density at radius 3 is 2.82 bits per heavy atom. The van der Waals surface area contributed by atoms with Crippen LogP contribution in [-0.2, 0) is 16.1 Å². The van der Waals surface area contributed by atoms with Crippen molar-refractivity contribution in [2.24, 2.45) is 0 Å². The minimum atomic E-state index is -2.65. The molecule has 0 bridgehead atoms. The van der Waals surface area contributed by atoms with Gasteiger partial charge in [-0.25, -0.2) is 8.78 Å². The van der Waals surface area contributed by atoms with Crippen LogP contribution in [0.15, 0.2) is 30.3 Å². The van der Waals surface area contributed by atoms with E-state index in [1.54, 1.807) is 6.92 Å². The summed E-state index contributed by atoms with van der Waals surface area (Å²) in [7, 11) is 0. The van der Waals surface area contributed by atoms with Crippen molar-refractivity contribution < 1.29 is 23.0 Å². The summed E-state index contributed by atoms with van der Waals surface area (Å²) in [5.74, 6) is 0.507. The zero-order valence-electron chi connectivity index (χ0n) is 15.7. The molecule has 2 aliphatic heterocycles. The summed E-state index contributed by atoms with van der Waals surface area (Å²) < 4.78 is 38.8. The molecular formula is C20H23F2N3O3. The van der Waals surface area contributed by atoms with Gasteiger partial charge in [-0.15, -0.1) is 0 Å². The number of ether oxygens (including phenoxy) is 2. The lowest BCUT2D eigenvalue weighted by Gasteiger charge is -2.44. The lowest BCUT2D eigenvalue weighted by molar-refractivity contribution is -0.124. The van der Waals surface area contributed by atoms with Gasteiger partial charge >= 0.3 is 0 Å². The second-order valence-corrected chi connectivity index (χ2v) is 7.43. The number of benzene rings is 1. The highest BCUT2D eigenvalue weighted by molar-refractivity contribution is 5.76. The number of fused-ring (bicyclic) bond motifs is 1. The summed E-state index contributed by atoms with van der Waals surface area (Å²) in [5.41, 5.74) is 0.787. The van der Waals surface area contributed by atoms with Crippen LogP contribution in [0.4, 0.5) is 8.78 Å². The predicted octanol–water partition coefficient (Wildman–Crippen LogP) is 3.32. The van der Waals surface area contributed by atoms with E-state index in [9.17, 15) is 13.6 Å². The molecule has 2 aromatic rings. The van der Waals surface area contributed by atoms with Crippen molar-refractivity contribution in [3.8, 4) is 5.75 Å². The van der Waals surface area contributed by atoms with Gasteiger partial charge in [-0.3, -0.25) is 9.48 Å². The number of aromatic nitrogens is 2. The molecule has 6 nitrogen and oxygen atoms in total. The Kier molecular flexibility index (Phi) is 5.05. The van der Waals surface area contributed by atoms with E-state index < -0.39 is 6.43 Å². The molecule has 1 aromatic heterocycles. The number of hydrogen-bond acceptors (Lipinski definition) is 4. The monoisotopic (exact) mass is 391 g/mol. The van der Waals surface area contributed by atoms with Gasteiger partial charge in [0.2, 0.25) is 5.91 Å². The van der Waals surface area contributed by atoms with E-state index in [0.717, 1.165) is 24.2 Å². The molecule has 0 aliphatic carbocycles. The SMILES string of the molecule is Cc1cc(C(F)F)nn1CC(=O)N[C@@H]1CC2(CCOCC2)Oc2ccccc21. The molecule has 1 spiro atoms. The summed E-state index contributed by atoms with van der Waals surface area (Å²) in [6.45, 7) is 2.82. The predicted molar refractivity (Wildman–Crippen MR) is 97.3 cm³/mol. The molecule has 0 saturated carbocycles. The van der Waals surface area contributed by atoms with Gasteiger partial charge in [0, 0.05) is 30.5 Å². The number of rotatable bonds is 4. The minimum absolute atomic E-state index is 0.103. The summed E-state index contributed by atoms with van der Waals surface area (Å²) in [5, 5.41) is 6.89. The summed E-state index contributed by atoms with van der Waals surface area (Å²) in [6, 6.07) is 8.78. The van der Waals surface area contributed by atoms with Crippen molar-refractivity contribution >= 4 is 5.91 Å². The first-order valence-corrected chi connectivity index (χ1v) is 9.43. The number of nitrogens with zero attached hydrogens (tertiary/aromatic N) is 2. The van der Waals surface area contributed by atoms with Crippen molar-refractivity contribution in [3.63, 3.8) is 0 Å². The summed E-state index contributed by atoms with van der Waals surface area (Å²) >= 11 is 0. The number of nitrogens with one attached hydrogen (secondary N) is 1. The highest BCUT2D eigenvalue weighted by atomic mass is 19.3. The number of amides is 1. The van der Waals surface area contributed by atoms with E-state index >= 15 is 0 Å². The fourth-order valence-corrected chi connectivity index (χ4v) is 3.97. The van der Waals surface area contributed by atoms with Crippen molar-refractivity contribution in [2.75, 3.05) is 13.2 Å². The Hall–Kier alpha value is -2.48. The van der Waals surface area contributed by atoms with Crippen molar-refractivity contribution in [2.45, 2.75) is 50.8 Å². The van der Waals surface area contributed by atoms with Gasteiger partial charge in [-0.1, -0.05) is 18.2 Å². The number of para-hydroxylation sites is 1. The molecule has 4 rings (SSSR count). The molecule has 2 aliphatic rings. The highest BCUT2D eigenvalue weighted by Gasteiger charge is 2.42. The molecule has 0 radical (unpaired) electrons. The summed E-state index contributed by atoms with van der Waals surface area (Å²) in [6.07, 6.45) is -0.467. The number of hydrogen-bond donors (Lipinski definition) is 1. The molecule has 28 heavy (non-hydrogen) atoms. The third-order valence-corrected chi connectivity index (χ3v) is 5.45. The zero-order chi connectivity index (χ0) is 19.7.